The van der Waals surface area contributed by atoms with Crippen LogP contribution in [0.1, 0.15) is 37.7 Å². The lowest BCUT2D eigenvalue weighted by Crippen LogP contribution is -2.36. The monoisotopic (exact) mass is 459 g/mol. The van der Waals surface area contributed by atoms with E-state index < -0.39 is 17.4 Å². The number of benzene rings is 1. The number of halogens is 2. The zero-order chi connectivity index (χ0) is 23.2. The molecule has 0 spiro atoms. The summed E-state index contributed by atoms with van der Waals surface area (Å²) in [4.78, 5) is 44.1. The van der Waals surface area contributed by atoms with Crippen LogP contribution in [0.2, 0.25) is 5.02 Å². The van der Waals surface area contributed by atoms with Gasteiger partial charge in [-0.3, -0.25) is 9.69 Å². The number of amides is 2. The maximum atomic E-state index is 14.1. The predicted octanol–water partition coefficient (Wildman–Crippen LogP) is 3.64. The van der Waals surface area contributed by atoms with Gasteiger partial charge in [0.1, 0.15) is 11.6 Å². The molecule has 32 heavy (non-hydrogen) atoms. The van der Waals surface area contributed by atoms with E-state index in [9.17, 15) is 14.0 Å². The average Bonchev–Trinajstić information content (AvgIpc) is 3.01. The fourth-order valence-corrected chi connectivity index (χ4v) is 4.08. The molecule has 0 aliphatic carbocycles. The van der Waals surface area contributed by atoms with Gasteiger partial charge in [0.2, 0.25) is 11.9 Å². The van der Waals surface area contributed by atoms with Crippen molar-refractivity contribution >= 4 is 40.4 Å². The van der Waals surface area contributed by atoms with Crippen LogP contribution >= 0.6 is 11.6 Å². The number of nitrogens with zero attached hydrogens (tertiary/aromatic N) is 5. The van der Waals surface area contributed by atoms with Crippen molar-refractivity contribution in [3.05, 3.63) is 50.8 Å². The summed E-state index contributed by atoms with van der Waals surface area (Å²) >= 11 is 5.96. The van der Waals surface area contributed by atoms with Crippen LogP contribution in [-0.2, 0) is 0 Å². The minimum absolute atomic E-state index is 0.0393. The number of nitrogens with one attached hydrogen (secondary N) is 2. The van der Waals surface area contributed by atoms with Crippen molar-refractivity contribution in [1.82, 2.24) is 24.8 Å². The smallest absolute Gasteiger partial charge is 0.327 e. The molecule has 0 unspecified atom stereocenters. The third kappa shape index (κ3) is 3.97. The fourth-order valence-electron chi connectivity index (χ4n) is 3.87. The van der Waals surface area contributed by atoms with E-state index in [-0.39, 0.29) is 34.5 Å². The molecule has 2 amide bonds. The number of hydrogen-bond acceptors (Lipinski definition) is 6. The zero-order valence-electron chi connectivity index (χ0n) is 18.1. The van der Waals surface area contributed by atoms with Gasteiger partial charge in [0.25, 0.3) is 5.56 Å². The summed E-state index contributed by atoms with van der Waals surface area (Å²) in [5, 5.41) is 3.80. The lowest BCUT2D eigenvalue weighted by molar-refractivity contribution is 0.229. The summed E-state index contributed by atoms with van der Waals surface area (Å²) in [6, 6.07) is 3.59. The molecule has 1 aliphatic rings. The summed E-state index contributed by atoms with van der Waals surface area (Å²) in [5.41, 5.74) is 0.0187. The highest BCUT2D eigenvalue weighted by atomic mass is 35.5. The number of urea groups is 1. The third-order valence-corrected chi connectivity index (χ3v) is 5.73. The number of likely N-dealkylation sites (N-methyl/N-ethyl adjacent to an activating group) is 1. The second-order valence-electron chi connectivity index (χ2n) is 7.87. The Morgan fingerprint density at radius 3 is 2.75 bits per heavy atom. The summed E-state index contributed by atoms with van der Waals surface area (Å²) < 4.78 is 14.1. The second kappa shape index (κ2) is 8.34. The summed E-state index contributed by atoms with van der Waals surface area (Å²) in [5.74, 6) is 0.326. The van der Waals surface area contributed by atoms with Crippen molar-refractivity contribution in [3.63, 3.8) is 0 Å². The molecule has 0 radical (unpaired) electrons. The molecule has 2 atom stereocenters. The number of carbonyl (C=O) groups is 1. The van der Waals surface area contributed by atoms with E-state index >= 15 is 0 Å². The summed E-state index contributed by atoms with van der Waals surface area (Å²) in [6.45, 7) is 6.06. The third-order valence-electron chi connectivity index (χ3n) is 5.51. The molecule has 9 nitrogen and oxygen atoms in total. The quantitative estimate of drug-likeness (QED) is 0.603. The summed E-state index contributed by atoms with van der Waals surface area (Å²) in [6.07, 6.45) is 0.756. The van der Waals surface area contributed by atoms with Gasteiger partial charge in [0.05, 0.1) is 17.6 Å². The van der Waals surface area contributed by atoms with Gasteiger partial charge in [-0.25, -0.2) is 9.18 Å². The largest absolute Gasteiger partial charge is 0.347 e. The van der Waals surface area contributed by atoms with Crippen LogP contribution in [-0.4, -0.2) is 50.5 Å². The van der Waals surface area contributed by atoms with Gasteiger partial charge in [0, 0.05) is 29.6 Å². The second-order valence-corrected chi connectivity index (χ2v) is 8.31. The molecule has 1 fully saturated rings. The Balaban J connectivity index is 1.67. The fraction of sp³-hybridized carbons (Fsp3) is 0.381. The molecule has 1 aromatic carbocycles. The first-order valence-corrected chi connectivity index (χ1v) is 10.6. The number of aromatic amines is 1. The van der Waals surface area contributed by atoms with E-state index in [1.54, 1.807) is 42.8 Å². The van der Waals surface area contributed by atoms with Crippen LogP contribution < -0.4 is 15.8 Å². The highest BCUT2D eigenvalue weighted by Crippen LogP contribution is 2.26. The average molecular weight is 460 g/mol. The van der Waals surface area contributed by atoms with Crippen LogP contribution in [0.5, 0.6) is 0 Å². The highest BCUT2D eigenvalue weighted by Gasteiger charge is 2.37. The van der Waals surface area contributed by atoms with E-state index in [4.69, 9.17) is 11.6 Å². The molecule has 2 aromatic heterocycles. The molecule has 2 N–H and O–H groups in total. The maximum absolute atomic E-state index is 14.1. The molecular formula is C21H23ClFN7O2. The lowest BCUT2D eigenvalue weighted by Gasteiger charge is -2.21. The van der Waals surface area contributed by atoms with Crippen molar-refractivity contribution in [2.45, 2.75) is 39.3 Å². The number of rotatable bonds is 5. The molecular weight excluding hydrogens is 437 g/mol. The first-order valence-electron chi connectivity index (χ1n) is 10.2. The molecule has 3 aromatic rings. The first kappa shape index (κ1) is 21.9. The van der Waals surface area contributed by atoms with Gasteiger partial charge in [-0.05, 0) is 38.5 Å². The van der Waals surface area contributed by atoms with Crippen LogP contribution in [0.25, 0.3) is 10.9 Å². The standard InChI is InChI=1S/C21H23ClFN7O2/c1-5-14-9-29(4)21(32)30(14)20-26-11(3)25-19(28-20)24-10(2)15-7-12-6-13(22)8-16(23)17(12)27-18(15)31/h6-8,10,14H,5,9H2,1-4H3,(H,27,31)(H,24,25,26,28)/t10-,14-/m0/s1. The topological polar surface area (TPSA) is 107 Å². The van der Waals surface area contributed by atoms with Crippen molar-refractivity contribution in [2.75, 3.05) is 23.8 Å². The Kier molecular flexibility index (Phi) is 5.72. The van der Waals surface area contributed by atoms with Crippen LogP contribution in [0.4, 0.5) is 21.1 Å². The van der Waals surface area contributed by atoms with Crippen molar-refractivity contribution in [3.8, 4) is 0 Å². The predicted molar refractivity (Wildman–Crippen MR) is 121 cm³/mol. The van der Waals surface area contributed by atoms with E-state index in [2.05, 4.69) is 25.3 Å². The summed E-state index contributed by atoms with van der Waals surface area (Å²) in [7, 11) is 1.74. The number of H-pyrrole nitrogens is 1. The van der Waals surface area contributed by atoms with E-state index in [0.29, 0.717) is 23.3 Å². The lowest BCUT2D eigenvalue weighted by atomic mass is 10.1. The van der Waals surface area contributed by atoms with E-state index in [1.165, 1.54) is 0 Å². The number of fused-ring (bicyclic) bond motifs is 1. The molecule has 1 aliphatic heterocycles. The minimum atomic E-state index is -0.597. The van der Waals surface area contributed by atoms with Crippen LogP contribution in [0.3, 0.4) is 0 Å². The number of pyridine rings is 1. The highest BCUT2D eigenvalue weighted by molar-refractivity contribution is 6.31. The maximum Gasteiger partial charge on any atom is 0.327 e. The Morgan fingerprint density at radius 1 is 1.28 bits per heavy atom. The molecule has 11 heteroatoms. The number of anilines is 2. The van der Waals surface area contributed by atoms with E-state index in [1.807, 2.05) is 6.92 Å². The van der Waals surface area contributed by atoms with Gasteiger partial charge < -0.3 is 15.2 Å². The Bertz CT molecular complexity index is 1260. The molecule has 0 saturated carbocycles. The Labute approximate surface area is 188 Å². The molecule has 1 saturated heterocycles. The zero-order valence-corrected chi connectivity index (χ0v) is 18.9. The number of aromatic nitrogens is 4. The van der Waals surface area contributed by atoms with Crippen LogP contribution in [0, 0.1) is 12.7 Å². The molecule has 3 heterocycles. The number of hydrogen-bond donors (Lipinski definition) is 2. The van der Waals surface area contributed by atoms with Crippen molar-refractivity contribution < 1.29 is 9.18 Å². The van der Waals surface area contributed by atoms with Crippen LogP contribution in [0.15, 0.2) is 23.0 Å². The minimum Gasteiger partial charge on any atom is -0.347 e. The number of aryl methyl sites for hydroxylation is 1. The molecule has 0 bridgehead atoms. The molecule has 4 rings (SSSR count). The van der Waals surface area contributed by atoms with Crippen molar-refractivity contribution in [1.29, 1.82) is 0 Å². The normalized spacial score (nSPS) is 17.3. The SMILES string of the molecule is CC[C@H]1CN(C)C(=O)N1c1nc(C)nc(N[C@@H](C)c2cc3cc(Cl)cc(F)c3[nH]c2=O)n1. The van der Waals surface area contributed by atoms with Gasteiger partial charge in [-0.2, -0.15) is 15.0 Å². The number of carbonyl (C=O) groups excluding carboxylic acids is 1. The van der Waals surface area contributed by atoms with Gasteiger partial charge in [0.15, 0.2) is 0 Å². The van der Waals surface area contributed by atoms with E-state index in [0.717, 1.165) is 12.5 Å². The Hall–Kier alpha value is -3.27. The first-order chi connectivity index (χ1) is 15.2. The molecule has 168 valence electrons. The van der Waals surface area contributed by atoms with Gasteiger partial charge in [-0.15, -0.1) is 0 Å². The van der Waals surface area contributed by atoms with Gasteiger partial charge >= 0.3 is 6.03 Å². The van der Waals surface area contributed by atoms with Gasteiger partial charge in [-0.1, -0.05) is 18.5 Å². The van der Waals surface area contributed by atoms with Crippen molar-refractivity contribution in [2.24, 2.45) is 0 Å². The Morgan fingerprint density at radius 2 is 2.03 bits per heavy atom.